The number of nitrogens with zero attached hydrogens (tertiary/aromatic N) is 1. The largest absolute Gasteiger partial charge is 0.326 e. The third kappa shape index (κ3) is 2.12. The van der Waals surface area contributed by atoms with Gasteiger partial charge in [-0.2, -0.15) is 0 Å². The molecule has 1 aromatic heterocycles. The lowest BCUT2D eigenvalue weighted by Gasteiger charge is -2.22. The molecule has 0 bridgehead atoms. The van der Waals surface area contributed by atoms with Gasteiger partial charge < -0.3 is 5.32 Å². The van der Waals surface area contributed by atoms with Gasteiger partial charge in [0.15, 0.2) is 0 Å². The van der Waals surface area contributed by atoms with Crippen LogP contribution in [0.5, 0.6) is 0 Å². The minimum Gasteiger partial charge on any atom is -0.326 e. The number of benzene rings is 1. The smallest absolute Gasteiger partial charge is 0.224 e. The lowest BCUT2D eigenvalue weighted by Crippen LogP contribution is -2.20. The first-order valence-corrected chi connectivity index (χ1v) is 6.64. The van der Waals surface area contributed by atoms with E-state index >= 15 is 0 Å². The third-order valence-electron chi connectivity index (χ3n) is 3.63. The van der Waals surface area contributed by atoms with E-state index in [0.29, 0.717) is 6.42 Å². The van der Waals surface area contributed by atoms with Gasteiger partial charge in [-0.05, 0) is 41.7 Å². The highest BCUT2D eigenvalue weighted by Gasteiger charge is 2.19. The number of carbonyl (C=O) groups is 1. The molecule has 19 heavy (non-hydrogen) atoms. The van der Waals surface area contributed by atoms with Crippen molar-refractivity contribution in [3.05, 3.63) is 47.8 Å². The molecule has 1 aromatic carbocycles. The van der Waals surface area contributed by atoms with Crippen LogP contribution < -0.4 is 5.32 Å². The van der Waals surface area contributed by atoms with Crippen molar-refractivity contribution in [1.29, 1.82) is 0 Å². The molecule has 0 radical (unpaired) electrons. The van der Waals surface area contributed by atoms with Gasteiger partial charge in [0.05, 0.1) is 0 Å². The Morgan fingerprint density at radius 3 is 2.89 bits per heavy atom. The zero-order valence-electron chi connectivity index (χ0n) is 10.9. The Kier molecular flexibility index (Phi) is 3.03. The minimum atomic E-state index is 0.115. The topological polar surface area (TPSA) is 42.0 Å². The maximum Gasteiger partial charge on any atom is 0.224 e. The van der Waals surface area contributed by atoms with Gasteiger partial charge in [-0.1, -0.05) is 19.1 Å². The molecule has 0 spiro atoms. The number of hydrogen-bond acceptors (Lipinski definition) is 2. The first kappa shape index (κ1) is 11.9. The Morgan fingerprint density at radius 1 is 1.26 bits per heavy atom. The van der Waals surface area contributed by atoms with Crippen LogP contribution in [-0.4, -0.2) is 10.9 Å². The van der Waals surface area contributed by atoms with Gasteiger partial charge in [0.25, 0.3) is 0 Å². The zero-order valence-corrected chi connectivity index (χ0v) is 10.9. The third-order valence-corrected chi connectivity index (χ3v) is 3.63. The van der Waals surface area contributed by atoms with Gasteiger partial charge >= 0.3 is 0 Å². The molecular formula is C16H16N2O. The summed E-state index contributed by atoms with van der Waals surface area (Å²) in [7, 11) is 0. The van der Waals surface area contributed by atoms with E-state index in [1.165, 1.54) is 16.7 Å². The first-order chi connectivity index (χ1) is 9.29. The SMILES string of the molecule is CCc1c(-c2cccnc2)ccc2c1CCC(=O)N2. The Hall–Kier alpha value is -2.16. The van der Waals surface area contributed by atoms with E-state index in [1.807, 2.05) is 18.3 Å². The average molecular weight is 252 g/mol. The van der Waals surface area contributed by atoms with Gasteiger partial charge in [0, 0.05) is 30.1 Å². The van der Waals surface area contributed by atoms with E-state index in [4.69, 9.17) is 0 Å². The minimum absolute atomic E-state index is 0.115. The van der Waals surface area contributed by atoms with Crippen LogP contribution in [0.2, 0.25) is 0 Å². The molecule has 0 unspecified atom stereocenters. The number of anilines is 1. The lowest BCUT2D eigenvalue weighted by molar-refractivity contribution is -0.116. The second kappa shape index (κ2) is 4.84. The quantitative estimate of drug-likeness (QED) is 0.891. The van der Waals surface area contributed by atoms with Gasteiger partial charge in [-0.25, -0.2) is 0 Å². The van der Waals surface area contributed by atoms with E-state index < -0.39 is 0 Å². The number of carbonyl (C=O) groups excluding carboxylic acids is 1. The highest BCUT2D eigenvalue weighted by Crippen LogP contribution is 2.33. The molecule has 96 valence electrons. The van der Waals surface area contributed by atoms with Crippen molar-refractivity contribution < 1.29 is 4.79 Å². The summed E-state index contributed by atoms with van der Waals surface area (Å²) >= 11 is 0. The summed E-state index contributed by atoms with van der Waals surface area (Å²) in [6.45, 7) is 2.16. The Balaban J connectivity index is 2.15. The molecule has 1 aliphatic rings. The van der Waals surface area contributed by atoms with E-state index in [0.717, 1.165) is 24.1 Å². The zero-order chi connectivity index (χ0) is 13.2. The molecule has 2 aromatic rings. The molecule has 0 fully saturated rings. The molecule has 0 saturated heterocycles. The summed E-state index contributed by atoms with van der Waals surface area (Å²) in [5.41, 5.74) is 5.94. The van der Waals surface area contributed by atoms with Crippen molar-refractivity contribution in [2.45, 2.75) is 26.2 Å². The molecule has 3 rings (SSSR count). The van der Waals surface area contributed by atoms with Crippen LogP contribution in [-0.2, 0) is 17.6 Å². The van der Waals surface area contributed by atoms with Crippen LogP contribution in [0.1, 0.15) is 24.5 Å². The number of fused-ring (bicyclic) bond motifs is 1. The van der Waals surface area contributed by atoms with Crippen molar-refractivity contribution >= 4 is 11.6 Å². The summed E-state index contributed by atoms with van der Waals surface area (Å²) < 4.78 is 0. The number of amides is 1. The van der Waals surface area contributed by atoms with Gasteiger partial charge in [0.1, 0.15) is 0 Å². The highest BCUT2D eigenvalue weighted by molar-refractivity contribution is 5.95. The summed E-state index contributed by atoms with van der Waals surface area (Å²) in [6, 6.07) is 8.12. The Bertz CT molecular complexity index is 620. The maximum atomic E-state index is 11.5. The summed E-state index contributed by atoms with van der Waals surface area (Å²) in [5.74, 6) is 0.115. The van der Waals surface area contributed by atoms with Crippen LogP contribution in [0.3, 0.4) is 0 Å². The van der Waals surface area contributed by atoms with Gasteiger partial charge in [-0.15, -0.1) is 0 Å². The summed E-state index contributed by atoms with van der Waals surface area (Å²) in [5, 5.41) is 2.96. The molecule has 0 atom stereocenters. The maximum absolute atomic E-state index is 11.5. The number of nitrogens with one attached hydrogen (secondary N) is 1. The van der Waals surface area contributed by atoms with Crippen LogP contribution >= 0.6 is 0 Å². The first-order valence-electron chi connectivity index (χ1n) is 6.64. The van der Waals surface area contributed by atoms with Crippen molar-refractivity contribution in [3.8, 4) is 11.1 Å². The Morgan fingerprint density at radius 2 is 2.16 bits per heavy atom. The van der Waals surface area contributed by atoms with Gasteiger partial charge in [0.2, 0.25) is 5.91 Å². The highest BCUT2D eigenvalue weighted by atomic mass is 16.1. The molecule has 1 N–H and O–H groups in total. The number of pyridine rings is 1. The monoisotopic (exact) mass is 252 g/mol. The van der Waals surface area contributed by atoms with Crippen molar-refractivity contribution in [2.24, 2.45) is 0 Å². The normalized spacial score (nSPS) is 13.8. The molecule has 3 heteroatoms. The van der Waals surface area contributed by atoms with Crippen LogP contribution in [0, 0.1) is 0 Å². The summed E-state index contributed by atoms with van der Waals surface area (Å²) in [4.78, 5) is 15.7. The average Bonchev–Trinajstić information content (AvgIpc) is 2.46. The molecule has 3 nitrogen and oxygen atoms in total. The standard InChI is InChI=1S/C16H16N2O/c1-2-12-13(11-4-3-9-17-10-11)5-7-15-14(12)6-8-16(19)18-15/h3-5,7,9-10H,2,6,8H2,1H3,(H,18,19). The second-order valence-electron chi connectivity index (χ2n) is 4.76. The Labute approximate surface area is 112 Å². The predicted molar refractivity (Wildman–Crippen MR) is 76.0 cm³/mol. The van der Waals surface area contributed by atoms with Crippen LogP contribution in [0.15, 0.2) is 36.7 Å². The molecule has 0 saturated carbocycles. The fourth-order valence-electron chi connectivity index (χ4n) is 2.74. The van der Waals surface area contributed by atoms with Crippen molar-refractivity contribution in [2.75, 3.05) is 5.32 Å². The fraction of sp³-hybridized carbons (Fsp3) is 0.250. The van der Waals surface area contributed by atoms with Crippen LogP contribution in [0.25, 0.3) is 11.1 Å². The van der Waals surface area contributed by atoms with Crippen molar-refractivity contribution in [1.82, 2.24) is 4.98 Å². The number of hydrogen-bond donors (Lipinski definition) is 1. The van der Waals surface area contributed by atoms with E-state index in [1.54, 1.807) is 6.20 Å². The number of rotatable bonds is 2. The lowest BCUT2D eigenvalue weighted by atomic mass is 9.89. The molecule has 2 heterocycles. The molecule has 1 amide bonds. The van der Waals surface area contributed by atoms with E-state index in [9.17, 15) is 4.79 Å². The molecule has 1 aliphatic heterocycles. The van der Waals surface area contributed by atoms with E-state index in [2.05, 4.69) is 29.4 Å². The predicted octanol–water partition coefficient (Wildman–Crippen LogP) is 3.20. The van der Waals surface area contributed by atoms with E-state index in [-0.39, 0.29) is 5.91 Å². The summed E-state index contributed by atoms with van der Waals surface area (Å²) in [6.07, 6.45) is 6.05. The van der Waals surface area contributed by atoms with Crippen LogP contribution in [0.4, 0.5) is 5.69 Å². The molecular weight excluding hydrogens is 236 g/mol. The molecule has 0 aliphatic carbocycles. The second-order valence-corrected chi connectivity index (χ2v) is 4.76. The number of aromatic nitrogens is 1. The van der Waals surface area contributed by atoms with Crippen molar-refractivity contribution in [3.63, 3.8) is 0 Å². The fourth-order valence-corrected chi connectivity index (χ4v) is 2.74. The van der Waals surface area contributed by atoms with Gasteiger partial charge in [-0.3, -0.25) is 9.78 Å².